The molecule has 41 heavy (non-hydrogen) atoms. The van der Waals surface area contributed by atoms with Gasteiger partial charge in [0.1, 0.15) is 19.0 Å². The molecule has 3 N–H and O–H groups in total. The summed E-state index contributed by atoms with van der Waals surface area (Å²) in [7, 11) is 0. The smallest absolute Gasteiger partial charge is 0.305 e. The van der Waals surface area contributed by atoms with Crippen LogP contribution in [0.25, 0.3) is 0 Å². The number of hydrogen-bond donors (Lipinski definition) is 3. The first-order chi connectivity index (χ1) is 19.8. The second kappa shape index (κ2) is 19.2. The van der Waals surface area contributed by atoms with Gasteiger partial charge >= 0.3 is 5.97 Å². The summed E-state index contributed by atoms with van der Waals surface area (Å²) in [5.41, 5.74) is 2.01. The Morgan fingerprint density at radius 1 is 0.951 bits per heavy atom. The van der Waals surface area contributed by atoms with Crippen molar-refractivity contribution in [2.45, 2.75) is 70.6 Å². The molecule has 0 aliphatic carbocycles. The maximum absolute atomic E-state index is 12.8. The molecule has 8 nitrogen and oxygen atoms in total. The van der Waals surface area contributed by atoms with E-state index in [-0.39, 0.29) is 37.4 Å². The van der Waals surface area contributed by atoms with Crippen LogP contribution in [-0.2, 0) is 32.1 Å². The monoisotopic (exact) mass is 564 g/mol. The van der Waals surface area contributed by atoms with E-state index in [1.54, 1.807) is 13.0 Å². The van der Waals surface area contributed by atoms with Crippen LogP contribution in [0.15, 0.2) is 79.9 Å². The number of rotatable bonds is 20. The molecule has 3 atom stereocenters. The van der Waals surface area contributed by atoms with E-state index in [1.807, 2.05) is 60.7 Å². The lowest BCUT2D eigenvalue weighted by Gasteiger charge is -2.21. The summed E-state index contributed by atoms with van der Waals surface area (Å²) in [5.74, 6) is -0.867. The largest absolute Gasteiger partial charge is 0.489 e. The molecular formula is C33H44N2O6. The highest BCUT2D eigenvalue weighted by Gasteiger charge is 2.24. The third kappa shape index (κ3) is 13.8. The predicted molar refractivity (Wildman–Crippen MR) is 160 cm³/mol. The SMILES string of the molecule is C=CCCCCC(=O)OCC(C)NC(=O)C(CC=C)CC(=O)NC(CO)Cc1ccc(OCc2ccccc2)cc1. The van der Waals surface area contributed by atoms with Crippen molar-refractivity contribution >= 4 is 17.8 Å². The number of amides is 2. The van der Waals surface area contributed by atoms with Gasteiger partial charge in [0, 0.05) is 12.8 Å². The zero-order chi connectivity index (χ0) is 29.9. The average Bonchev–Trinajstić information content (AvgIpc) is 2.97. The minimum absolute atomic E-state index is 0.0573. The first kappa shape index (κ1) is 33.3. The van der Waals surface area contributed by atoms with Crippen LogP contribution in [0.5, 0.6) is 5.75 Å². The Morgan fingerprint density at radius 3 is 2.34 bits per heavy atom. The number of aliphatic hydroxyl groups excluding tert-OH is 1. The zero-order valence-electron chi connectivity index (χ0n) is 24.1. The van der Waals surface area contributed by atoms with Gasteiger partial charge in [0.15, 0.2) is 0 Å². The Labute approximate surface area is 243 Å². The third-order valence-electron chi connectivity index (χ3n) is 6.42. The Balaban J connectivity index is 1.79. The van der Waals surface area contributed by atoms with Crippen molar-refractivity contribution in [1.29, 1.82) is 0 Å². The lowest BCUT2D eigenvalue weighted by Crippen LogP contribution is -2.44. The molecule has 0 aliphatic rings. The molecule has 0 heterocycles. The van der Waals surface area contributed by atoms with Crippen molar-refractivity contribution in [1.82, 2.24) is 10.6 Å². The Morgan fingerprint density at radius 2 is 1.68 bits per heavy atom. The van der Waals surface area contributed by atoms with E-state index in [0.29, 0.717) is 25.9 Å². The molecule has 0 aromatic heterocycles. The molecule has 8 heteroatoms. The molecule has 222 valence electrons. The summed E-state index contributed by atoms with van der Waals surface area (Å²) in [6.07, 6.45) is 6.87. The second-order valence-electron chi connectivity index (χ2n) is 10.1. The number of unbranched alkanes of at least 4 members (excludes halogenated alkanes) is 2. The number of aliphatic hydroxyl groups is 1. The first-order valence-electron chi connectivity index (χ1n) is 14.2. The van der Waals surface area contributed by atoms with E-state index < -0.39 is 18.0 Å². The molecule has 0 saturated heterocycles. The fourth-order valence-electron chi connectivity index (χ4n) is 4.15. The van der Waals surface area contributed by atoms with Crippen molar-refractivity contribution in [3.05, 3.63) is 91.0 Å². The van der Waals surface area contributed by atoms with Crippen molar-refractivity contribution in [2.24, 2.45) is 5.92 Å². The van der Waals surface area contributed by atoms with Gasteiger partial charge in [0.25, 0.3) is 0 Å². The normalized spacial score (nSPS) is 12.8. The van der Waals surface area contributed by atoms with Crippen LogP contribution in [0.4, 0.5) is 0 Å². The Hall–Kier alpha value is -3.91. The van der Waals surface area contributed by atoms with Gasteiger partial charge in [-0.25, -0.2) is 0 Å². The third-order valence-corrected chi connectivity index (χ3v) is 6.42. The average molecular weight is 565 g/mol. The van der Waals surface area contributed by atoms with Gasteiger partial charge in [-0.15, -0.1) is 13.2 Å². The van der Waals surface area contributed by atoms with Gasteiger partial charge in [-0.1, -0.05) is 54.6 Å². The summed E-state index contributed by atoms with van der Waals surface area (Å²) >= 11 is 0. The Kier molecular flexibility index (Phi) is 15.6. The van der Waals surface area contributed by atoms with Gasteiger partial charge in [-0.3, -0.25) is 14.4 Å². The predicted octanol–water partition coefficient (Wildman–Crippen LogP) is 4.66. The topological polar surface area (TPSA) is 114 Å². The van der Waals surface area contributed by atoms with E-state index >= 15 is 0 Å². The van der Waals surface area contributed by atoms with E-state index in [9.17, 15) is 19.5 Å². The van der Waals surface area contributed by atoms with Gasteiger partial charge in [-0.05, 0) is 62.3 Å². The van der Waals surface area contributed by atoms with Crippen LogP contribution in [0, 0.1) is 5.92 Å². The summed E-state index contributed by atoms with van der Waals surface area (Å²) in [6.45, 7) is 9.39. The number of benzene rings is 2. The van der Waals surface area contributed by atoms with Crippen molar-refractivity contribution in [2.75, 3.05) is 13.2 Å². The molecule has 0 bridgehead atoms. The van der Waals surface area contributed by atoms with E-state index in [1.165, 1.54) is 0 Å². The van der Waals surface area contributed by atoms with Crippen LogP contribution < -0.4 is 15.4 Å². The number of allylic oxidation sites excluding steroid dienone is 2. The van der Waals surface area contributed by atoms with Crippen LogP contribution >= 0.6 is 0 Å². The first-order valence-corrected chi connectivity index (χ1v) is 14.2. The molecule has 3 unspecified atom stereocenters. The number of ether oxygens (including phenoxy) is 2. The molecule has 0 saturated carbocycles. The summed E-state index contributed by atoms with van der Waals surface area (Å²) in [6, 6.07) is 16.5. The highest BCUT2D eigenvalue weighted by atomic mass is 16.5. The summed E-state index contributed by atoms with van der Waals surface area (Å²) in [5, 5.41) is 15.5. The van der Waals surface area contributed by atoms with Gasteiger partial charge in [0.2, 0.25) is 11.8 Å². The molecule has 0 fully saturated rings. The molecule has 2 aromatic carbocycles. The molecule has 0 radical (unpaired) electrons. The van der Waals surface area contributed by atoms with Crippen LogP contribution in [0.2, 0.25) is 0 Å². The quantitative estimate of drug-likeness (QED) is 0.122. The molecular weight excluding hydrogens is 520 g/mol. The molecule has 2 amide bonds. The van der Waals surface area contributed by atoms with Crippen LogP contribution in [-0.4, -0.2) is 48.2 Å². The summed E-state index contributed by atoms with van der Waals surface area (Å²) in [4.78, 5) is 37.5. The lowest BCUT2D eigenvalue weighted by atomic mass is 9.98. The fraction of sp³-hybridized carbons (Fsp3) is 0.424. The summed E-state index contributed by atoms with van der Waals surface area (Å²) < 4.78 is 11.1. The fourth-order valence-corrected chi connectivity index (χ4v) is 4.15. The molecule has 0 spiro atoms. The van der Waals surface area contributed by atoms with Crippen LogP contribution in [0.1, 0.15) is 56.6 Å². The van der Waals surface area contributed by atoms with Gasteiger partial charge < -0.3 is 25.2 Å². The molecule has 2 aromatic rings. The maximum atomic E-state index is 12.8. The maximum Gasteiger partial charge on any atom is 0.305 e. The molecule has 0 aliphatic heterocycles. The highest BCUT2D eigenvalue weighted by Crippen LogP contribution is 2.16. The van der Waals surface area contributed by atoms with Crippen LogP contribution in [0.3, 0.4) is 0 Å². The number of carbonyl (C=O) groups is 3. The van der Waals surface area contributed by atoms with Crippen molar-refractivity contribution < 1.29 is 29.0 Å². The van der Waals surface area contributed by atoms with E-state index in [2.05, 4.69) is 23.8 Å². The highest BCUT2D eigenvalue weighted by molar-refractivity contribution is 5.86. The lowest BCUT2D eigenvalue weighted by molar-refractivity contribution is -0.145. The number of hydrogen-bond acceptors (Lipinski definition) is 6. The van der Waals surface area contributed by atoms with Crippen molar-refractivity contribution in [3.8, 4) is 5.75 Å². The Bertz CT molecular complexity index is 1090. The van der Waals surface area contributed by atoms with Crippen molar-refractivity contribution in [3.63, 3.8) is 0 Å². The van der Waals surface area contributed by atoms with Gasteiger partial charge in [-0.2, -0.15) is 0 Å². The van der Waals surface area contributed by atoms with Gasteiger partial charge in [0.05, 0.1) is 24.6 Å². The second-order valence-corrected chi connectivity index (χ2v) is 10.1. The van der Waals surface area contributed by atoms with E-state index in [0.717, 1.165) is 36.1 Å². The number of carbonyl (C=O) groups excluding carboxylic acids is 3. The number of esters is 1. The zero-order valence-corrected chi connectivity index (χ0v) is 24.1. The van der Waals surface area contributed by atoms with E-state index in [4.69, 9.17) is 9.47 Å². The minimum Gasteiger partial charge on any atom is -0.489 e. The minimum atomic E-state index is -0.634. The number of nitrogens with one attached hydrogen (secondary N) is 2. The standard InChI is InChI=1S/C33H44N2O6/c1-4-6-7-11-15-32(38)41-23-25(3)34-33(39)28(12-5-2)21-31(37)35-29(22-36)20-26-16-18-30(19-17-26)40-24-27-13-9-8-10-14-27/h4-5,8-10,13-14,16-19,25,28-29,36H,1-2,6-7,11-12,15,20-24H2,3H3,(H,34,39)(H,35,37). The molecule has 2 rings (SSSR count).